The summed E-state index contributed by atoms with van der Waals surface area (Å²) >= 11 is 0. The summed E-state index contributed by atoms with van der Waals surface area (Å²) in [5, 5.41) is 2.93. The molecule has 3 rings (SSSR count). The number of hydrogen-bond acceptors (Lipinski definition) is 5. The molecule has 0 amide bonds. The molecule has 0 N–H and O–H groups in total. The second-order valence-electron chi connectivity index (χ2n) is 6.12. The monoisotopic (exact) mass is 434 g/mol. The van der Waals surface area contributed by atoms with Crippen LogP contribution in [-0.2, 0) is 23.6 Å². The van der Waals surface area contributed by atoms with Crippen molar-refractivity contribution in [2.24, 2.45) is 0 Å². The summed E-state index contributed by atoms with van der Waals surface area (Å²) in [5.74, 6) is -0.775. The first-order valence-corrected chi connectivity index (χ1v) is 8.36. The Balaban J connectivity index is 2.14. The molecular formula is C18H12F6N2O4. The van der Waals surface area contributed by atoms with Gasteiger partial charge < -0.3 is 13.8 Å². The molecule has 0 unspecified atom stereocenters. The van der Waals surface area contributed by atoms with Crippen molar-refractivity contribution in [3.05, 3.63) is 63.3 Å². The smallest absolute Gasteiger partial charge is 0.417 e. The fourth-order valence-corrected chi connectivity index (χ4v) is 2.81. The van der Waals surface area contributed by atoms with Crippen LogP contribution in [0.25, 0.3) is 10.9 Å². The number of esters is 1. The zero-order valence-corrected chi connectivity index (χ0v) is 15.1. The van der Waals surface area contributed by atoms with Crippen molar-refractivity contribution in [1.29, 1.82) is 0 Å². The summed E-state index contributed by atoms with van der Waals surface area (Å²) in [6.07, 6.45) is -9.52. The summed E-state index contributed by atoms with van der Waals surface area (Å²) in [7, 11) is 0. The Kier molecular flexibility index (Phi) is 5.35. The normalized spacial score (nSPS) is 12.4. The van der Waals surface area contributed by atoms with Gasteiger partial charge >= 0.3 is 18.3 Å². The molecule has 2 heterocycles. The van der Waals surface area contributed by atoms with E-state index in [0.717, 1.165) is 16.8 Å². The topological polar surface area (TPSA) is 74.3 Å². The molecule has 12 heteroatoms. The van der Waals surface area contributed by atoms with Gasteiger partial charge in [0.05, 0.1) is 29.8 Å². The highest BCUT2D eigenvalue weighted by Gasteiger charge is 2.43. The van der Waals surface area contributed by atoms with Crippen molar-refractivity contribution in [2.75, 3.05) is 6.61 Å². The van der Waals surface area contributed by atoms with Crippen LogP contribution in [0.15, 0.2) is 39.8 Å². The van der Waals surface area contributed by atoms with Crippen LogP contribution in [0.3, 0.4) is 0 Å². The van der Waals surface area contributed by atoms with E-state index >= 15 is 0 Å². The van der Waals surface area contributed by atoms with Crippen LogP contribution in [0.2, 0.25) is 0 Å². The minimum absolute atomic E-state index is 0.0106. The number of fused-ring (bicyclic) bond motifs is 1. The molecule has 0 saturated heterocycles. The lowest BCUT2D eigenvalue weighted by atomic mass is 10.0. The average molecular weight is 434 g/mol. The standard InChI is InChI=1S/C18H12F6N2O4/c1-2-29-16(28)13-5-9(30-25-13)8-26-4-3-15(27)10-6-11(17(19,20)21)12(7-14(10)26)18(22,23)24/h3-7H,2,8H2,1H3. The molecule has 0 spiro atoms. The Morgan fingerprint density at radius 2 is 1.73 bits per heavy atom. The molecule has 0 atom stereocenters. The van der Waals surface area contributed by atoms with Crippen LogP contribution in [0.1, 0.15) is 34.3 Å². The fourth-order valence-electron chi connectivity index (χ4n) is 2.81. The lowest BCUT2D eigenvalue weighted by Crippen LogP contribution is -2.19. The van der Waals surface area contributed by atoms with Gasteiger partial charge in [-0.3, -0.25) is 4.79 Å². The molecule has 1 aromatic carbocycles. The van der Waals surface area contributed by atoms with E-state index in [1.54, 1.807) is 6.92 Å². The maximum atomic E-state index is 13.3. The second-order valence-corrected chi connectivity index (χ2v) is 6.12. The van der Waals surface area contributed by atoms with Crippen molar-refractivity contribution >= 4 is 16.9 Å². The Bertz CT molecular complexity index is 1160. The number of hydrogen-bond donors (Lipinski definition) is 0. The summed E-state index contributed by atoms with van der Waals surface area (Å²) in [6.45, 7) is 1.35. The van der Waals surface area contributed by atoms with E-state index in [1.165, 1.54) is 6.07 Å². The first kappa shape index (κ1) is 21.4. The number of carbonyl (C=O) groups is 1. The van der Waals surface area contributed by atoms with E-state index in [9.17, 15) is 35.9 Å². The van der Waals surface area contributed by atoms with Crippen LogP contribution in [0, 0.1) is 0 Å². The number of benzene rings is 1. The van der Waals surface area contributed by atoms with E-state index in [2.05, 4.69) is 5.16 Å². The highest BCUT2D eigenvalue weighted by atomic mass is 19.4. The number of halogens is 6. The summed E-state index contributed by atoms with van der Waals surface area (Å²) in [4.78, 5) is 23.7. The van der Waals surface area contributed by atoms with Crippen LogP contribution in [0.4, 0.5) is 26.3 Å². The van der Waals surface area contributed by atoms with Gasteiger partial charge in [-0.15, -0.1) is 0 Å². The van der Waals surface area contributed by atoms with Crippen molar-refractivity contribution in [3.63, 3.8) is 0 Å². The zero-order chi connectivity index (χ0) is 22.3. The number of nitrogens with zero attached hydrogens (tertiary/aromatic N) is 2. The highest BCUT2D eigenvalue weighted by Crippen LogP contribution is 2.41. The zero-order valence-electron chi connectivity index (χ0n) is 15.1. The van der Waals surface area contributed by atoms with Crippen molar-refractivity contribution in [3.8, 4) is 0 Å². The molecule has 2 aromatic heterocycles. The Morgan fingerprint density at radius 3 is 2.33 bits per heavy atom. The third kappa shape index (κ3) is 4.16. The van der Waals surface area contributed by atoms with E-state index in [-0.39, 0.29) is 36.7 Å². The van der Waals surface area contributed by atoms with E-state index in [4.69, 9.17) is 9.26 Å². The quantitative estimate of drug-likeness (QED) is 0.454. The number of aromatic nitrogens is 2. The number of alkyl halides is 6. The molecule has 0 aliphatic heterocycles. The Labute approximate surface area is 163 Å². The average Bonchev–Trinajstić information content (AvgIpc) is 3.11. The van der Waals surface area contributed by atoms with Gasteiger partial charge in [0.15, 0.2) is 16.9 Å². The van der Waals surface area contributed by atoms with Crippen LogP contribution >= 0.6 is 0 Å². The third-order valence-corrected chi connectivity index (χ3v) is 4.10. The molecule has 160 valence electrons. The summed E-state index contributed by atoms with van der Waals surface area (Å²) in [6, 6.07) is 2.54. The first-order valence-electron chi connectivity index (χ1n) is 8.36. The summed E-state index contributed by atoms with van der Waals surface area (Å²) in [5.41, 5.74) is -5.34. The minimum atomic E-state index is -5.31. The van der Waals surface area contributed by atoms with Gasteiger partial charge in [-0.2, -0.15) is 26.3 Å². The van der Waals surface area contributed by atoms with Gasteiger partial charge in [0.2, 0.25) is 0 Å². The lowest BCUT2D eigenvalue weighted by molar-refractivity contribution is -0.161. The molecule has 0 fully saturated rings. The predicted octanol–water partition coefficient (Wildman–Crippen LogP) is 4.25. The maximum absolute atomic E-state index is 13.3. The SMILES string of the molecule is CCOC(=O)c1cc(Cn2ccc(=O)c3cc(C(F)(F)F)c(C(F)(F)F)cc32)on1. The molecular weight excluding hydrogens is 422 g/mol. The molecule has 0 aliphatic rings. The predicted molar refractivity (Wildman–Crippen MR) is 89.8 cm³/mol. The van der Waals surface area contributed by atoms with E-state index in [0.29, 0.717) is 0 Å². The van der Waals surface area contributed by atoms with Gasteiger partial charge in [-0.25, -0.2) is 4.79 Å². The van der Waals surface area contributed by atoms with Gasteiger partial charge in [0.25, 0.3) is 0 Å². The van der Waals surface area contributed by atoms with Gasteiger partial charge in [-0.05, 0) is 19.1 Å². The van der Waals surface area contributed by atoms with Crippen LogP contribution in [-0.4, -0.2) is 22.3 Å². The molecule has 6 nitrogen and oxygen atoms in total. The fraction of sp³-hybridized carbons (Fsp3) is 0.278. The minimum Gasteiger partial charge on any atom is -0.461 e. The van der Waals surface area contributed by atoms with E-state index in [1.807, 2.05) is 0 Å². The number of ether oxygens (including phenoxy) is 1. The third-order valence-electron chi connectivity index (χ3n) is 4.10. The molecule has 30 heavy (non-hydrogen) atoms. The molecule has 0 aliphatic carbocycles. The molecule has 0 bridgehead atoms. The number of carbonyl (C=O) groups excluding carboxylic acids is 1. The van der Waals surface area contributed by atoms with Gasteiger partial charge in [0.1, 0.15) is 0 Å². The van der Waals surface area contributed by atoms with Crippen molar-refractivity contribution in [1.82, 2.24) is 9.72 Å². The van der Waals surface area contributed by atoms with Crippen molar-refractivity contribution < 1.29 is 40.4 Å². The largest absolute Gasteiger partial charge is 0.461 e. The Morgan fingerprint density at radius 1 is 1.10 bits per heavy atom. The van der Waals surface area contributed by atoms with Crippen LogP contribution in [0.5, 0.6) is 0 Å². The molecule has 3 aromatic rings. The van der Waals surface area contributed by atoms with E-state index < -0.39 is 45.8 Å². The first-order chi connectivity index (χ1) is 13.9. The molecule has 0 radical (unpaired) electrons. The van der Waals surface area contributed by atoms with Gasteiger partial charge in [-0.1, -0.05) is 5.16 Å². The highest BCUT2D eigenvalue weighted by molar-refractivity contribution is 5.87. The second kappa shape index (κ2) is 7.50. The number of rotatable bonds is 4. The van der Waals surface area contributed by atoms with Crippen molar-refractivity contribution in [2.45, 2.75) is 25.8 Å². The maximum Gasteiger partial charge on any atom is 0.417 e. The number of pyridine rings is 1. The van der Waals surface area contributed by atoms with Crippen LogP contribution < -0.4 is 5.43 Å². The Hall–Kier alpha value is -3.31. The summed E-state index contributed by atoms with van der Waals surface area (Å²) < 4.78 is 90.0. The molecule has 0 saturated carbocycles. The lowest BCUT2D eigenvalue weighted by Gasteiger charge is -2.18. The van der Waals surface area contributed by atoms with Gasteiger partial charge in [0, 0.05) is 23.7 Å².